The molecule has 0 saturated heterocycles. The maximum absolute atomic E-state index is 12.0. The van der Waals surface area contributed by atoms with Crippen molar-refractivity contribution in [3.63, 3.8) is 0 Å². The van der Waals surface area contributed by atoms with Crippen LogP contribution in [0.4, 0.5) is 0 Å². The Morgan fingerprint density at radius 1 is 0.893 bits per heavy atom. The van der Waals surface area contributed by atoms with E-state index in [1.165, 1.54) is 0 Å². The number of nitrogens with one attached hydrogen (secondary N) is 1. The standard InChI is InChI=1S/C23H25NO4/c1-26-21-12-9-17(14-22(21)27-2)6-5-13-24-23(25)16-28-20-11-10-18-7-3-4-8-19(18)15-20/h3-4,7-12,14-15H,5-6,13,16H2,1-2H3,(H,24,25). The number of hydrogen-bond donors (Lipinski definition) is 1. The van der Waals surface area contributed by atoms with E-state index in [2.05, 4.69) is 5.32 Å². The molecule has 5 heteroatoms. The lowest BCUT2D eigenvalue weighted by Gasteiger charge is -2.10. The number of amides is 1. The molecule has 0 fully saturated rings. The number of rotatable bonds is 9. The third-order valence-electron chi connectivity index (χ3n) is 4.50. The van der Waals surface area contributed by atoms with E-state index in [0.29, 0.717) is 23.8 Å². The molecule has 0 aliphatic carbocycles. The molecule has 3 aromatic carbocycles. The van der Waals surface area contributed by atoms with Crippen molar-refractivity contribution in [3.8, 4) is 17.2 Å². The van der Waals surface area contributed by atoms with Crippen LogP contribution in [0.3, 0.4) is 0 Å². The van der Waals surface area contributed by atoms with Gasteiger partial charge in [0.05, 0.1) is 14.2 Å². The number of carbonyl (C=O) groups is 1. The summed E-state index contributed by atoms with van der Waals surface area (Å²) in [5, 5.41) is 5.13. The molecule has 0 heterocycles. The average Bonchev–Trinajstić information content (AvgIpc) is 2.74. The fourth-order valence-electron chi connectivity index (χ4n) is 3.01. The van der Waals surface area contributed by atoms with Gasteiger partial charge in [-0.15, -0.1) is 0 Å². The number of benzene rings is 3. The molecule has 28 heavy (non-hydrogen) atoms. The van der Waals surface area contributed by atoms with E-state index in [1.54, 1.807) is 14.2 Å². The van der Waals surface area contributed by atoms with Gasteiger partial charge in [0.15, 0.2) is 18.1 Å². The molecule has 0 spiro atoms. The monoisotopic (exact) mass is 379 g/mol. The third-order valence-corrected chi connectivity index (χ3v) is 4.50. The minimum atomic E-state index is -0.125. The van der Waals surface area contributed by atoms with Crippen molar-refractivity contribution in [2.75, 3.05) is 27.4 Å². The van der Waals surface area contributed by atoms with Crippen molar-refractivity contribution >= 4 is 16.7 Å². The molecule has 146 valence electrons. The van der Waals surface area contributed by atoms with E-state index < -0.39 is 0 Å². The zero-order valence-corrected chi connectivity index (χ0v) is 16.2. The molecule has 5 nitrogen and oxygen atoms in total. The Kier molecular flexibility index (Phi) is 6.73. The minimum absolute atomic E-state index is 0.00863. The SMILES string of the molecule is COc1ccc(CCCNC(=O)COc2ccc3ccccc3c2)cc1OC. The molecule has 0 atom stereocenters. The first-order chi connectivity index (χ1) is 13.7. The van der Waals surface area contributed by atoms with Crippen molar-refractivity contribution in [3.05, 3.63) is 66.2 Å². The average molecular weight is 379 g/mol. The van der Waals surface area contributed by atoms with E-state index in [1.807, 2.05) is 60.7 Å². The summed E-state index contributed by atoms with van der Waals surface area (Å²) in [6.45, 7) is 0.600. The van der Waals surface area contributed by atoms with Gasteiger partial charge in [0.2, 0.25) is 0 Å². The predicted octanol–water partition coefficient (Wildman–Crippen LogP) is 3.98. The second-order valence-corrected chi connectivity index (χ2v) is 6.44. The van der Waals surface area contributed by atoms with Crippen molar-refractivity contribution in [1.82, 2.24) is 5.32 Å². The summed E-state index contributed by atoms with van der Waals surface area (Å²) >= 11 is 0. The first-order valence-corrected chi connectivity index (χ1v) is 9.29. The Bertz CT molecular complexity index is 939. The lowest BCUT2D eigenvalue weighted by Crippen LogP contribution is -2.29. The highest BCUT2D eigenvalue weighted by molar-refractivity contribution is 5.84. The van der Waals surface area contributed by atoms with Crippen LogP contribution in [0.1, 0.15) is 12.0 Å². The summed E-state index contributed by atoms with van der Waals surface area (Å²) in [4.78, 5) is 12.0. The molecule has 0 aromatic heterocycles. The lowest BCUT2D eigenvalue weighted by molar-refractivity contribution is -0.123. The maximum Gasteiger partial charge on any atom is 0.257 e. The molecule has 0 saturated carbocycles. The molecule has 3 aromatic rings. The molecule has 1 amide bonds. The molecular weight excluding hydrogens is 354 g/mol. The van der Waals surface area contributed by atoms with Gasteiger partial charge in [-0.3, -0.25) is 4.79 Å². The Balaban J connectivity index is 1.40. The molecule has 0 unspecified atom stereocenters. The summed E-state index contributed by atoms with van der Waals surface area (Å²) in [5.41, 5.74) is 1.14. The summed E-state index contributed by atoms with van der Waals surface area (Å²) in [5.74, 6) is 2.00. The number of carbonyl (C=O) groups excluding carboxylic acids is 1. The van der Waals surface area contributed by atoms with E-state index in [0.717, 1.165) is 29.2 Å². The first kappa shape index (κ1) is 19.5. The smallest absolute Gasteiger partial charge is 0.257 e. The van der Waals surface area contributed by atoms with Crippen LogP contribution in [0, 0.1) is 0 Å². The van der Waals surface area contributed by atoms with E-state index in [-0.39, 0.29) is 12.5 Å². The van der Waals surface area contributed by atoms with Crippen molar-refractivity contribution in [2.45, 2.75) is 12.8 Å². The van der Waals surface area contributed by atoms with Crippen molar-refractivity contribution in [2.24, 2.45) is 0 Å². The maximum atomic E-state index is 12.0. The molecule has 0 bridgehead atoms. The minimum Gasteiger partial charge on any atom is -0.493 e. The molecule has 1 N–H and O–H groups in total. The van der Waals surface area contributed by atoms with Crippen LogP contribution in [0.15, 0.2) is 60.7 Å². The Morgan fingerprint density at radius 2 is 1.68 bits per heavy atom. The first-order valence-electron chi connectivity index (χ1n) is 9.29. The zero-order valence-electron chi connectivity index (χ0n) is 16.2. The third kappa shape index (κ3) is 5.16. The van der Waals surface area contributed by atoms with E-state index >= 15 is 0 Å². The van der Waals surface area contributed by atoms with Gasteiger partial charge in [-0.05, 0) is 53.4 Å². The fraction of sp³-hybridized carbons (Fsp3) is 0.261. The topological polar surface area (TPSA) is 56.8 Å². The Morgan fingerprint density at radius 3 is 2.46 bits per heavy atom. The highest BCUT2D eigenvalue weighted by Gasteiger charge is 2.06. The van der Waals surface area contributed by atoms with Gasteiger partial charge >= 0.3 is 0 Å². The van der Waals surface area contributed by atoms with Gasteiger partial charge in [0.1, 0.15) is 5.75 Å². The van der Waals surface area contributed by atoms with Crippen LogP contribution in [0.5, 0.6) is 17.2 Å². The Labute approximate surface area is 165 Å². The van der Waals surface area contributed by atoms with E-state index in [4.69, 9.17) is 14.2 Å². The quantitative estimate of drug-likeness (QED) is 0.571. The van der Waals surface area contributed by atoms with Gasteiger partial charge < -0.3 is 19.5 Å². The van der Waals surface area contributed by atoms with Crippen LogP contribution < -0.4 is 19.5 Å². The normalized spacial score (nSPS) is 10.5. The largest absolute Gasteiger partial charge is 0.493 e. The van der Waals surface area contributed by atoms with Crippen LogP contribution in [-0.2, 0) is 11.2 Å². The highest BCUT2D eigenvalue weighted by Crippen LogP contribution is 2.27. The molecule has 0 aliphatic rings. The van der Waals surface area contributed by atoms with Crippen LogP contribution >= 0.6 is 0 Å². The second kappa shape index (κ2) is 9.65. The van der Waals surface area contributed by atoms with Gasteiger partial charge in [-0.2, -0.15) is 0 Å². The Hall–Kier alpha value is -3.21. The van der Waals surface area contributed by atoms with Gasteiger partial charge in [-0.1, -0.05) is 36.4 Å². The molecule has 0 aliphatic heterocycles. The van der Waals surface area contributed by atoms with Gasteiger partial charge in [0, 0.05) is 6.54 Å². The van der Waals surface area contributed by atoms with Crippen molar-refractivity contribution in [1.29, 1.82) is 0 Å². The molecular formula is C23H25NO4. The van der Waals surface area contributed by atoms with E-state index in [9.17, 15) is 4.79 Å². The second-order valence-electron chi connectivity index (χ2n) is 6.44. The van der Waals surface area contributed by atoms with Crippen LogP contribution in [0.25, 0.3) is 10.8 Å². The van der Waals surface area contributed by atoms with Gasteiger partial charge in [0.25, 0.3) is 5.91 Å². The number of aryl methyl sites for hydroxylation is 1. The van der Waals surface area contributed by atoms with Gasteiger partial charge in [-0.25, -0.2) is 0 Å². The molecule has 3 rings (SSSR count). The van der Waals surface area contributed by atoms with Crippen molar-refractivity contribution < 1.29 is 19.0 Å². The predicted molar refractivity (Wildman–Crippen MR) is 110 cm³/mol. The lowest BCUT2D eigenvalue weighted by atomic mass is 10.1. The summed E-state index contributed by atoms with van der Waals surface area (Å²) in [7, 11) is 3.24. The number of fused-ring (bicyclic) bond motifs is 1. The molecule has 0 radical (unpaired) electrons. The highest BCUT2D eigenvalue weighted by atomic mass is 16.5. The summed E-state index contributed by atoms with van der Waals surface area (Å²) in [6.07, 6.45) is 1.67. The summed E-state index contributed by atoms with van der Waals surface area (Å²) in [6, 6.07) is 19.7. The summed E-state index contributed by atoms with van der Waals surface area (Å²) < 4.78 is 16.2. The number of methoxy groups -OCH3 is 2. The van der Waals surface area contributed by atoms with Crippen LogP contribution in [0.2, 0.25) is 0 Å². The van der Waals surface area contributed by atoms with Crippen LogP contribution in [-0.4, -0.2) is 33.3 Å². The zero-order chi connectivity index (χ0) is 19.8. The fourth-order valence-corrected chi connectivity index (χ4v) is 3.01. The number of hydrogen-bond acceptors (Lipinski definition) is 4. The number of ether oxygens (including phenoxy) is 3.